The summed E-state index contributed by atoms with van der Waals surface area (Å²) in [6, 6.07) is 0. The molecular formula is C8H16ClN. The minimum absolute atomic E-state index is 0.371. The predicted molar refractivity (Wildman–Crippen MR) is 47.9 cm³/mol. The first-order valence-electron chi connectivity index (χ1n) is 3.58. The molecule has 0 rings (SSSR count). The fourth-order valence-electron chi connectivity index (χ4n) is 0.545. The van der Waals surface area contributed by atoms with Gasteiger partial charge >= 0.3 is 0 Å². The highest BCUT2D eigenvalue weighted by Crippen LogP contribution is 2.17. The largest absolute Gasteiger partial charge is 0.278 e. The van der Waals surface area contributed by atoms with Crippen LogP contribution in [0.25, 0.3) is 0 Å². The summed E-state index contributed by atoms with van der Waals surface area (Å²) in [4.78, 5) is 4.09. The fraction of sp³-hybridized carbons (Fsp3) is 0.875. The average Bonchev–Trinajstić information content (AvgIpc) is 1.59. The van der Waals surface area contributed by atoms with Crippen molar-refractivity contribution in [3.05, 3.63) is 0 Å². The lowest BCUT2D eigenvalue weighted by Gasteiger charge is -2.15. The van der Waals surface area contributed by atoms with Crippen molar-refractivity contribution < 1.29 is 0 Å². The molecule has 0 aliphatic carbocycles. The van der Waals surface area contributed by atoms with Gasteiger partial charge in [0.15, 0.2) is 0 Å². The van der Waals surface area contributed by atoms with Gasteiger partial charge in [-0.1, -0.05) is 32.4 Å². The first-order chi connectivity index (χ1) is 4.42. The molecule has 0 spiro atoms. The summed E-state index contributed by atoms with van der Waals surface area (Å²) < 4.78 is 0. The summed E-state index contributed by atoms with van der Waals surface area (Å²) in [5.41, 5.74) is 0.371. The summed E-state index contributed by atoms with van der Waals surface area (Å²) in [6.45, 7) is 9.26. The molecule has 0 aromatic carbocycles. The predicted octanol–water partition coefficient (Wildman–Crippen LogP) is 3.08. The van der Waals surface area contributed by atoms with Gasteiger partial charge in [0, 0.05) is 6.54 Å². The summed E-state index contributed by atoms with van der Waals surface area (Å²) in [6.07, 6.45) is 1.09. The fourth-order valence-corrected chi connectivity index (χ4v) is 0.630. The van der Waals surface area contributed by atoms with E-state index < -0.39 is 0 Å². The van der Waals surface area contributed by atoms with Crippen molar-refractivity contribution >= 4 is 16.8 Å². The third kappa shape index (κ3) is 7.96. The molecule has 2 heteroatoms. The normalized spacial score (nSPS) is 13.9. The van der Waals surface area contributed by atoms with Gasteiger partial charge in [-0.05, 0) is 18.8 Å². The van der Waals surface area contributed by atoms with Crippen LogP contribution < -0.4 is 0 Å². The number of hydrogen-bond donors (Lipinski definition) is 0. The molecule has 0 atom stereocenters. The molecule has 0 radical (unpaired) electrons. The first kappa shape index (κ1) is 9.96. The van der Waals surface area contributed by atoms with E-state index >= 15 is 0 Å². The Hall–Kier alpha value is -0.0400. The zero-order valence-electron chi connectivity index (χ0n) is 7.24. The Morgan fingerprint density at radius 3 is 2.20 bits per heavy atom. The van der Waals surface area contributed by atoms with E-state index in [2.05, 4.69) is 25.8 Å². The maximum absolute atomic E-state index is 5.56. The average molecular weight is 162 g/mol. The van der Waals surface area contributed by atoms with Crippen LogP contribution in [0, 0.1) is 5.41 Å². The van der Waals surface area contributed by atoms with Crippen molar-refractivity contribution in [2.75, 3.05) is 6.54 Å². The third-order valence-corrected chi connectivity index (χ3v) is 1.31. The SMILES string of the molecule is CC(Cl)=NCCC(C)(C)C. The zero-order valence-corrected chi connectivity index (χ0v) is 8.00. The smallest absolute Gasteiger partial charge is 0.0972 e. The standard InChI is InChI=1S/C8H16ClN/c1-7(9)10-6-5-8(2,3)4/h5-6H2,1-4H3. The number of aliphatic imine (C=N–C) groups is 1. The molecule has 1 nitrogen and oxygen atoms in total. The lowest BCUT2D eigenvalue weighted by atomic mass is 9.93. The molecule has 0 saturated heterocycles. The second-order valence-electron chi connectivity index (χ2n) is 3.69. The van der Waals surface area contributed by atoms with Gasteiger partial charge in [-0.15, -0.1) is 0 Å². The van der Waals surface area contributed by atoms with E-state index in [9.17, 15) is 0 Å². The third-order valence-electron chi connectivity index (χ3n) is 1.19. The molecule has 10 heavy (non-hydrogen) atoms. The quantitative estimate of drug-likeness (QED) is 0.552. The van der Waals surface area contributed by atoms with Gasteiger partial charge in [-0.2, -0.15) is 0 Å². The van der Waals surface area contributed by atoms with Crippen LogP contribution in [0.2, 0.25) is 0 Å². The molecular weight excluding hydrogens is 146 g/mol. The molecule has 0 aromatic heterocycles. The van der Waals surface area contributed by atoms with E-state index in [1.807, 2.05) is 6.92 Å². The van der Waals surface area contributed by atoms with E-state index in [0.717, 1.165) is 13.0 Å². The van der Waals surface area contributed by atoms with E-state index in [4.69, 9.17) is 11.6 Å². The Kier molecular flexibility index (Phi) is 3.95. The number of rotatable bonds is 2. The lowest BCUT2D eigenvalue weighted by Crippen LogP contribution is -2.06. The second-order valence-corrected chi connectivity index (χ2v) is 4.24. The van der Waals surface area contributed by atoms with Gasteiger partial charge in [0.05, 0.1) is 5.17 Å². The Morgan fingerprint density at radius 1 is 1.40 bits per heavy atom. The van der Waals surface area contributed by atoms with Crippen LogP contribution in [-0.2, 0) is 0 Å². The highest BCUT2D eigenvalue weighted by atomic mass is 35.5. The lowest BCUT2D eigenvalue weighted by molar-refractivity contribution is 0.385. The summed E-state index contributed by atoms with van der Waals surface area (Å²) in [7, 11) is 0. The maximum Gasteiger partial charge on any atom is 0.0972 e. The van der Waals surface area contributed by atoms with Crippen LogP contribution in [0.1, 0.15) is 34.1 Å². The van der Waals surface area contributed by atoms with Gasteiger partial charge < -0.3 is 0 Å². The van der Waals surface area contributed by atoms with Crippen LogP contribution in [-0.4, -0.2) is 11.7 Å². The topological polar surface area (TPSA) is 12.4 Å². The molecule has 0 aliphatic rings. The molecule has 0 saturated carbocycles. The van der Waals surface area contributed by atoms with Crippen LogP contribution in [0.5, 0.6) is 0 Å². The number of halogens is 1. The summed E-state index contributed by atoms with van der Waals surface area (Å²) >= 11 is 5.56. The van der Waals surface area contributed by atoms with Crippen LogP contribution in [0.4, 0.5) is 0 Å². The van der Waals surface area contributed by atoms with Gasteiger partial charge in [0.2, 0.25) is 0 Å². The Morgan fingerprint density at radius 2 is 1.90 bits per heavy atom. The monoisotopic (exact) mass is 161 g/mol. The molecule has 0 fully saturated rings. The van der Waals surface area contributed by atoms with Crippen molar-refractivity contribution in [3.8, 4) is 0 Å². The molecule has 0 bridgehead atoms. The van der Waals surface area contributed by atoms with E-state index in [1.54, 1.807) is 0 Å². The molecule has 0 heterocycles. The first-order valence-corrected chi connectivity index (χ1v) is 3.96. The van der Waals surface area contributed by atoms with Gasteiger partial charge in [0.1, 0.15) is 0 Å². The summed E-state index contributed by atoms with van der Waals surface area (Å²) in [5.74, 6) is 0. The Labute approximate surface area is 68.5 Å². The zero-order chi connectivity index (χ0) is 8.20. The Balaban J connectivity index is 3.47. The van der Waals surface area contributed by atoms with E-state index in [1.165, 1.54) is 0 Å². The van der Waals surface area contributed by atoms with Crippen molar-refractivity contribution in [3.63, 3.8) is 0 Å². The van der Waals surface area contributed by atoms with Crippen LogP contribution in [0.3, 0.4) is 0 Å². The van der Waals surface area contributed by atoms with E-state index in [0.29, 0.717) is 10.6 Å². The molecule has 0 aromatic rings. The van der Waals surface area contributed by atoms with Crippen LogP contribution >= 0.6 is 11.6 Å². The molecule has 0 unspecified atom stereocenters. The minimum atomic E-state index is 0.371. The molecule has 0 N–H and O–H groups in total. The highest BCUT2D eigenvalue weighted by Gasteiger charge is 2.07. The minimum Gasteiger partial charge on any atom is -0.278 e. The van der Waals surface area contributed by atoms with Crippen molar-refractivity contribution in [2.24, 2.45) is 10.4 Å². The van der Waals surface area contributed by atoms with Crippen molar-refractivity contribution in [1.29, 1.82) is 0 Å². The maximum atomic E-state index is 5.56. The number of nitrogens with zero attached hydrogens (tertiary/aromatic N) is 1. The van der Waals surface area contributed by atoms with Gasteiger partial charge in [0.25, 0.3) is 0 Å². The van der Waals surface area contributed by atoms with Gasteiger partial charge in [-0.25, -0.2) is 0 Å². The highest BCUT2D eigenvalue weighted by molar-refractivity contribution is 6.64. The molecule has 60 valence electrons. The van der Waals surface area contributed by atoms with Gasteiger partial charge in [-0.3, -0.25) is 4.99 Å². The van der Waals surface area contributed by atoms with E-state index in [-0.39, 0.29) is 0 Å². The molecule has 0 amide bonds. The number of hydrogen-bond acceptors (Lipinski definition) is 1. The summed E-state index contributed by atoms with van der Waals surface area (Å²) in [5, 5.41) is 0.657. The van der Waals surface area contributed by atoms with Crippen molar-refractivity contribution in [2.45, 2.75) is 34.1 Å². The molecule has 0 aliphatic heterocycles. The van der Waals surface area contributed by atoms with Crippen LogP contribution in [0.15, 0.2) is 4.99 Å². The Bertz CT molecular complexity index is 118. The van der Waals surface area contributed by atoms with Crippen molar-refractivity contribution in [1.82, 2.24) is 0 Å². The second kappa shape index (κ2) is 3.97.